The maximum atomic E-state index is 14.4. The number of carbonyl (C=O) groups is 1. The zero-order valence-electron chi connectivity index (χ0n) is 26.8. The van der Waals surface area contributed by atoms with Gasteiger partial charge in [0, 0.05) is 29.3 Å². The third kappa shape index (κ3) is 4.51. The highest BCUT2D eigenvalue weighted by atomic mass is 16.5. The number of benzene rings is 3. The first-order chi connectivity index (χ1) is 21.8. The summed E-state index contributed by atoms with van der Waals surface area (Å²) in [4.78, 5) is 19.0. The predicted molar refractivity (Wildman–Crippen MR) is 175 cm³/mol. The molecule has 2 bridgehead atoms. The normalized spacial score (nSPS) is 35.0. The Morgan fingerprint density at radius 2 is 1.64 bits per heavy atom. The molecule has 5 aliphatic rings. The molecule has 6 heteroatoms. The molecule has 3 saturated heterocycles. The lowest BCUT2D eigenvalue weighted by molar-refractivity contribution is -0.241. The van der Waals surface area contributed by atoms with Crippen molar-refractivity contribution in [3.05, 3.63) is 108 Å². The van der Waals surface area contributed by atoms with Gasteiger partial charge in [0.15, 0.2) is 0 Å². The van der Waals surface area contributed by atoms with Gasteiger partial charge in [0.25, 0.3) is 0 Å². The Balaban J connectivity index is 1.27. The fourth-order valence-corrected chi connectivity index (χ4v) is 9.21. The molecule has 1 saturated carbocycles. The molecule has 0 radical (unpaired) electrons. The van der Waals surface area contributed by atoms with Crippen LogP contribution in [-0.4, -0.2) is 41.3 Å². The minimum absolute atomic E-state index is 0.0180. The number of rotatable bonds is 6. The summed E-state index contributed by atoms with van der Waals surface area (Å²) < 4.78 is 19.5. The van der Waals surface area contributed by atoms with Crippen LogP contribution in [-0.2, 0) is 20.8 Å². The largest absolute Gasteiger partial charge is 0.497 e. The molecule has 4 fully saturated rings. The molecule has 4 aliphatic heterocycles. The Morgan fingerprint density at radius 1 is 0.911 bits per heavy atom. The fraction of sp³-hybridized carbons (Fsp3) is 0.462. The highest BCUT2D eigenvalue weighted by molar-refractivity contribution is 6.01. The minimum atomic E-state index is -0.714. The van der Waals surface area contributed by atoms with Crippen LogP contribution in [0.1, 0.15) is 75.4 Å². The number of ether oxygens (including phenoxy) is 3. The standard InChI is InChI=1S/C39H44N2O4/c1-25-14-19-32-34(22-25)44-37(40(38(32,2)3)24-26-10-6-5-7-11-26)31-13-9-8-12-30(31)35-39-21-20-29(45-39)23-33(39)36(42)41(35)27-15-17-28(43-4)18-16-27/h5-13,15-18,20-21,25,29,32-35,37H,14,19,22-24H2,1-4H3/t25-,29+,32-,33-,34-,35+,37+,39-/m1/s1. The predicted octanol–water partition coefficient (Wildman–Crippen LogP) is 7.61. The van der Waals surface area contributed by atoms with Crippen LogP contribution in [0.25, 0.3) is 0 Å². The van der Waals surface area contributed by atoms with Crippen LogP contribution in [0.3, 0.4) is 0 Å². The first-order valence-electron chi connectivity index (χ1n) is 16.7. The molecule has 234 valence electrons. The Hall–Kier alpha value is -3.45. The van der Waals surface area contributed by atoms with Crippen LogP contribution < -0.4 is 9.64 Å². The summed E-state index contributed by atoms with van der Waals surface area (Å²) in [5, 5.41) is 0. The summed E-state index contributed by atoms with van der Waals surface area (Å²) in [6.07, 6.45) is 8.44. The number of anilines is 1. The van der Waals surface area contributed by atoms with Crippen molar-refractivity contribution >= 4 is 11.6 Å². The van der Waals surface area contributed by atoms with Gasteiger partial charge in [0.05, 0.1) is 31.3 Å². The van der Waals surface area contributed by atoms with Crippen molar-refractivity contribution in [2.24, 2.45) is 17.8 Å². The van der Waals surface area contributed by atoms with Gasteiger partial charge in [-0.3, -0.25) is 9.69 Å². The highest BCUT2D eigenvalue weighted by Crippen LogP contribution is 2.60. The summed E-state index contributed by atoms with van der Waals surface area (Å²) in [6.45, 7) is 7.99. The molecule has 1 spiro atoms. The van der Waals surface area contributed by atoms with Gasteiger partial charge in [-0.2, -0.15) is 0 Å². The monoisotopic (exact) mass is 604 g/mol. The third-order valence-corrected chi connectivity index (χ3v) is 11.6. The molecule has 8 rings (SSSR count). The molecule has 3 aromatic carbocycles. The van der Waals surface area contributed by atoms with Crippen molar-refractivity contribution in [2.75, 3.05) is 12.0 Å². The molecule has 0 unspecified atom stereocenters. The molecule has 0 N–H and O–H groups in total. The van der Waals surface area contributed by atoms with E-state index < -0.39 is 5.60 Å². The molecular formula is C39H44N2O4. The van der Waals surface area contributed by atoms with Crippen LogP contribution in [0.5, 0.6) is 5.75 Å². The van der Waals surface area contributed by atoms with Gasteiger partial charge in [-0.25, -0.2) is 0 Å². The number of amides is 1. The van der Waals surface area contributed by atoms with Crippen LogP contribution in [0.2, 0.25) is 0 Å². The van der Waals surface area contributed by atoms with E-state index in [4.69, 9.17) is 14.2 Å². The molecule has 1 amide bonds. The molecular weight excluding hydrogens is 560 g/mol. The Morgan fingerprint density at radius 3 is 2.38 bits per heavy atom. The summed E-state index contributed by atoms with van der Waals surface area (Å²) in [6, 6.07) is 27.0. The van der Waals surface area contributed by atoms with E-state index in [2.05, 4.69) is 92.4 Å². The molecule has 4 heterocycles. The molecule has 3 aromatic rings. The van der Waals surface area contributed by atoms with E-state index in [1.165, 1.54) is 18.4 Å². The smallest absolute Gasteiger partial charge is 0.234 e. The lowest BCUT2D eigenvalue weighted by Crippen LogP contribution is -2.61. The lowest BCUT2D eigenvalue weighted by Gasteiger charge is -2.58. The Kier molecular flexibility index (Phi) is 6.97. The van der Waals surface area contributed by atoms with E-state index in [1.807, 2.05) is 29.2 Å². The number of hydrogen-bond donors (Lipinski definition) is 0. The Bertz CT molecular complexity index is 1600. The van der Waals surface area contributed by atoms with Gasteiger partial charge >= 0.3 is 0 Å². The summed E-state index contributed by atoms with van der Waals surface area (Å²) in [5.74, 6) is 1.76. The van der Waals surface area contributed by atoms with Crippen molar-refractivity contribution in [1.29, 1.82) is 0 Å². The first-order valence-corrected chi connectivity index (χ1v) is 16.7. The number of methoxy groups -OCH3 is 1. The molecule has 8 atom stereocenters. The second kappa shape index (κ2) is 10.8. The van der Waals surface area contributed by atoms with Gasteiger partial charge in [0.2, 0.25) is 5.91 Å². The van der Waals surface area contributed by atoms with Crippen LogP contribution in [0.15, 0.2) is 91.0 Å². The van der Waals surface area contributed by atoms with Crippen LogP contribution >= 0.6 is 0 Å². The average Bonchev–Trinajstić information content (AvgIpc) is 3.71. The second-order valence-electron chi connectivity index (χ2n) is 14.4. The van der Waals surface area contributed by atoms with E-state index in [0.717, 1.165) is 42.0 Å². The second-order valence-corrected chi connectivity index (χ2v) is 14.4. The van der Waals surface area contributed by atoms with E-state index in [1.54, 1.807) is 7.11 Å². The zero-order chi connectivity index (χ0) is 30.9. The van der Waals surface area contributed by atoms with Gasteiger partial charge in [-0.15, -0.1) is 0 Å². The van der Waals surface area contributed by atoms with Gasteiger partial charge in [-0.05, 0) is 74.4 Å². The van der Waals surface area contributed by atoms with Crippen molar-refractivity contribution in [1.82, 2.24) is 4.90 Å². The average molecular weight is 605 g/mol. The quantitative estimate of drug-likeness (QED) is 0.271. The molecule has 45 heavy (non-hydrogen) atoms. The number of carbonyl (C=O) groups excluding carboxylic acids is 1. The maximum Gasteiger partial charge on any atom is 0.234 e. The van der Waals surface area contributed by atoms with E-state index in [0.29, 0.717) is 11.8 Å². The van der Waals surface area contributed by atoms with Crippen molar-refractivity contribution in [3.8, 4) is 5.75 Å². The van der Waals surface area contributed by atoms with E-state index in [9.17, 15) is 4.79 Å². The van der Waals surface area contributed by atoms with Crippen LogP contribution in [0.4, 0.5) is 5.69 Å². The summed E-state index contributed by atoms with van der Waals surface area (Å²) >= 11 is 0. The number of hydrogen-bond acceptors (Lipinski definition) is 5. The molecule has 0 aromatic heterocycles. The van der Waals surface area contributed by atoms with Crippen molar-refractivity contribution < 1.29 is 19.0 Å². The SMILES string of the molecule is COc1ccc(N2C(=O)[C@H]3C[C@@H]4C=C[C@]3(O4)[C@@H]2c2ccccc2[C@@H]2O[C@@H]3C[C@H](C)CC[C@H]3C(C)(C)N2Cc2ccccc2)cc1. The van der Waals surface area contributed by atoms with Gasteiger partial charge < -0.3 is 19.1 Å². The fourth-order valence-electron chi connectivity index (χ4n) is 9.21. The Labute approximate surface area is 267 Å². The molecule has 6 nitrogen and oxygen atoms in total. The van der Waals surface area contributed by atoms with Crippen molar-refractivity contribution in [2.45, 2.75) is 88.6 Å². The van der Waals surface area contributed by atoms with Gasteiger partial charge in [0.1, 0.15) is 17.6 Å². The van der Waals surface area contributed by atoms with Crippen LogP contribution in [0, 0.1) is 17.8 Å². The topological polar surface area (TPSA) is 51.2 Å². The lowest BCUT2D eigenvalue weighted by atomic mass is 9.69. The van der Waals surface area contributed by atoms with Gasteiger partial charge in [-0.1, -0.05) is 80.1 Å². The first kappa shape index (κ1) is 29.0. The van der Waals surface area contributed by atoms with E-state index in [-0.39, 0.29) is 41.8 Å². The number of fused-ring (bicyclic) bond motifs is 2. The summed E-state index contributed by atoms with van der Waals surface area (Å²) in [7, 11) is 1.67. The maximum absolute atomic E-state index is 14.4. The molecule has 1 aliphatic carbocycles. The summed E-state index contributed by atoms with van der Waals surface area (Å²) in [5.41, 5.74) is 3.54. The minimum Gasteiger partial charge on any atom is -0.497 e. The highest BCUT2D eigenvalue weighted by Gasteiger charge is 2.67. The zero-order valence-corrected chi connectivity index (χ0v) is 26.8. The third-order valence-electron chi connectivity index (χ3n) is 11.6. The van der Waals surface area contributed by atoms with Crippen molar-refractivity contribution in [3.63, 3.8) is 0 Å². The number of nitrogens with zero attached hydrogens (tertiary/aromatic N) is 2. The van der Waals surface area contributed by atoms with E-state index >= 15 is 0 Å².